The van der Waals surface area contributed by atoms with E-state index in [1.807, 2.05) is 30.3 Å². The van der Waals surface area contributed by atoms with Crippen LogP contribution < -0.4 is 0 Å². The van der Waals surface area contributed by atoms with Gasteiger partial charge >= 0.3 is 0 Å². The molecule has 0 atom stereocenters. The van der Waals surface area contributed by atoms with Gasteiger partial charge in [-0.2, -0.15) is 0 Å². The largest absolute Gasteiger partial charge is 0.395 e. The molecule has 0 heterocycles. The third kappa shape index (κ3) is 3.79. The Bertz CT molecular complexity index is 610. The first-order valence-corrected chi connectivity index (χ1v) is 7.97. The molecule has 0 fully saturated rings. The van der Waals surface area contributed by atoms with Crippen LogP contribution in [0.15, 0.2) is 46.9 Å². The van der Waals surface area contributed by atoms with Crippen molar-refractivity contribution in [1.29, 1.82) is 0 Å². The number of halogens is 3. The molecule has 2 rings (SSSR count). The van der Waals surface area contributed by atoms with Gasteiger partial charge in [0.15, 0.2) is 0 Å². The zero-order valence-electron chi connectivity index (χ0n) is 11.2. The van der Waals surface area contributed by atoms with Gasteiger partial charge in [0.2, 0.25) is 0 Å². The summed E-state index contributed by atoms with van der Waals surface area (Å²) in [6.07, 6.45) is 0.428. The molecule has 0 aliphatic rings. The molecular weight excluding hydrogens is 375 g/mol. The lowest BCUT2D eigenvalue weighted by atomic mass is 9.77. The van der Waals surface area contributed by atoms with Crippen molar-refractivity contribution in [2.24, 2.45) is 0 Å². The summed E-state index contributed by atoms with van der Waals surface area (Å²) >= 11 is 15.5. The lowest BCUT2D eigenvalue weighted by molar-refractivity contribution is 0.116. The maximum atomic E-state index is 9.87. The molecule has 0 saturated heterocycles. The fourth-order valence-electron chi connectivity index (χ4n) is 2.28. The zero-order chi connectivity index (χ0) is 15.5. The second kappa shape index (κ2) is 7.12. The van der Waals surface area contributed by atoms with Gasteiger partial charge in [0.25, 0.3) is 0 Å². The summed E-state index contributed by atoms with van der Waals surface area (Å²) in [6, 6.07) is 12.8. The molecule has 0 spiro atoms. The van der Waals surface area contributed by atoms with E-state index in [0.29, 0.717) is 16.5 Å². The average molecular weight is 390 g/mol. The quantitative estimate of drug-likeness (QED) is 0.803. The highest BCUT2D eigenvalue weighted by molar-refractivity contribution is 9.10. The first kappa shape index (κ1) is 16.8. The Morgan fingerprint density at radius 3 is 2.10 bits per heavy atom. The van der Waals surface area contributed by atoms with Gasteiger partial charge in [0.05, 0.1) is 13.2 Å². The minimum Gasteiger partial charge on any atom is -0.395 e. The van der Waals surface area contributed by atoms with Crippen LogP contribution in [-0.4, -0.2) is 23.4 Å². The maximum absolute atomic E-state index is 9.87. The summed E-state index contributed by atoms with van der Waals surface area (Å²) in [5, 5.41) is 20.8. The Balaban J connectivity index is 2.40. The smallest absolute Gasteiger partial charge is 0.0553 e. The number of aliphatic hydroxyl groups is 2. The summed E-state index contributed by atoms with van der Waals surface area (Å²) in [5.41, 5.74) is 0.923. The van der Waals surface area contributed by atoms with Crippen molar-refractivity contribution in [3.63, 3.8) is 0 Å². The van der Waals surface area contributed by atoms with E-state index >= 15 is 0 Å². The van der Waals surface area contributed by atoms with E-state index in [0.717, 1.165) is 15.6 Å². The molecule has 2 N–H and O–H groups in total. The number of rotatable bonds is 5. The van der Waals surface area contributed by atoms with Gasteiger partial charge in [-0.1, -0.05) is 57.3 Å². The monoisotopic (exact) mass is 388 g/mol. The Hall–Kier alpha value is -0.580. The Labute approximate surface area is 142 Å². The van der Waals surface area contributed by atoms with Crippen molar-refractivity contribution in [3.8, 4) is 0 Å². The second-order valence-electron chi connectivity index (χ2n) is 5.02. The minimum absolute atomic E-state index is 0.177. The van der Waals surface area contributed by atoms with Gasteiger partial charge in [-0.15, -0.1) is 0 Å². The van der Waals surface area contributed by atoms with Gasteiger partial charge < -0.3 is 10.2 Å². The highest BCUT2D eigenvalue weighted by atomic mass is 79.9. The summed E-state index contributed by atoms with van der Waals surface area (Å²) in [5.74, 6) is 0. The van der Waals surface area contributed by atoms with Gasteiger partial charge in [-0.05, 0) is 41.8 Å². The Morgan fingerprint density at radius 1 is 0.952 bits per heavy atom. The zero-order valence-corrected chi connectivity index (χ0v) is 14.3. The molecule has 112 valence electrons. The molecule has 21 heavy (non-hydrogen) atoms. The molecule has 0 amide bonds. The fraction of sp³-hybridized carbons (Fsp3) is 0.250. The summed E-state index contributed by atoms with van der Waals surface area (Å²) in [4.78, 5) is 0. The molecule has 5 heteroatoms. The third-order valence-corrected chi connectivity index (χ3v) is 4.72. The molecule has 2 aromatic carbocycles. The lowest BCUT2D eigenvalue weighted by Gasteiger charge is -2.31. The number of aliphatic hydroxyl groups excluding tert-OH is 2. The third-order valence-electron chi connectivity index (χ3n) is 3.61. The van der Waals surface area contributed by atoms with Crippen LogP contribution in [0.1, 0.15) is 11.1 Å². The maximum Gasteiger partial charge on any atom is 0.0553 e. The molecular formula is C16H15BrCl2O2. The van der Waals surface area contributed by atoms with Crippen LogP contribution in [-0.2, 0) is 11.8 Å². The van der Waals surface area contributed by atoms with E-state index in [1.54, 1.807) is 12.1 Å². The SMILES string of the molecule is OCC(CO)(Cc1ccc(Cl)cc1Cl)c1ccc(Br)cc1. The molecule has 0 bridgehead atoms. The second-order valence-corrected chi connectivity index (χ2v) is 6.78. The first-order chi connectivity index (χ1) is 10.0. The minimum atomic E-state index is -0.780. The van der Waals surface area contributed by atoms with E-state index in [-0.39, 0.29) is 13.2 Å². The Kier molecular flexibility index (Phi) is 5.69. The summed E-state index contributed by atoms with van der Waals surface area (Å²) < 4.78 is 0.945. The van der Waals surface area contributed by atoms with Crippen molar-refractivity contribution in [2.75, 3.05) is 13.2 Å². The van der Waals surface area contributed by atoms with Gasteiger partial charge in [0.1, 0.15) is 0 Å². The first-order valence-electron chi connectivity index (χ1n) is 6.42. The molecule has 2 aromatic rings. The number of hydrogen-bond donors (Lipinski definition) is 2. The van der Waals surface area contributed by atoms with Crippen molar-refractivity contribution in [2.45, 2.75) is 11.8 Å². The molecule has 0 aliphatic heterocycles. The lowest BCUT2D eigenvalue weighted by Crippen LogP contribution is -2.37. The number of benzene rings is 2. The van der Waals surface area contributed by atoms with E-state index in [2.05, 4.69) is 15.9 Å². The van der Waals surface area contributed by atoms with Crippen LogP contribution in [0.3, 0.4) is 0 Å². The molecule has 0 saturated carbocycles. The van der Waals surface area contributed by atoms with Crippen LogP contribution in [0.25, 0.3) is 0 Å². The van der Waals surface area contributed by atoms with E-state index in [4.69, 9.17) is 23.2 Å². The van der Waals surface area contributed by atoms with Crippen LogP contribution in [0.2, 0.25) is 10.0 Å². The normalized spacial score (nSPS) is 11.7. The highest BCUT2D eigenvalue weighted by Gasteiger charge is 2.32. The summed E-state index contributed by atoms with van der Waals surface area (Å²) in [6.45, 7) is -0.353. The van der Waals surface area contributed by atoms with Gasteiger partial charge in [-0.3, -0.25) is 0 Å². The van der Waals surface area contributed by atoms with E-state index in [1.165, 1.54) is 0 Å². The standard InChI is InChI=1S/C16H15BrCl2O2/c17-13-4-2-12(3-5-13)16(9-20,10-21)8-11-1-6-14(18)7-15(11)19/h1-7,20-21H,8-10H2. The summed E-state index contributed by atoms with van der Waals surface area (Å²) in [7, 11) is 0. The van der Waals surface area contributed by atoms with E-state index < -0.39 is 5.41 Å². The predicted molar refractivity (Wildman–Crippen MR) is 90.2 cm³/mol. The van der Waals surface area contributed by atoms with E-state index in [9.17, 15) is 10.2 Å². The Morgan fingerprint density at radius 2 is 1.57 bits per heavy atom. The van der Waals surface area contributed by atoms with Crippen molar-refractivity contribution >= 4 is 39.1 Å². The molecule has 0 aromatic heterocycles. The molecule has 0 aliphatic carbocycles. The highest BCUT2D eigenvalue weighted by Crippen LogP contribution is 2.32. The van der Waals surface area contributed by atoms with Crippen molar-refractivity contribution < 1.29 is 10.2 Å². The van der Waals surface area contributed by atoms with Crippen molar-refractivity contribution in [3.05, 3.63) is 68.1 Å². The number of hydrogen-bond acceptors (Lipinski definition) is 2. The predicted octanol–water partition coefficient (Wildman–Crippen LogP) is 4.22. The molecule has 0 radical (unpaired) electrons. The molecule has 2 nitrogen and oxygen atoms in total. The topological polar surface area (TPSA) is 40.5 Å². The van der Waals surface area contributed by atoms with Crippen LogP contribution in [0, 0.1) is 0 Å². The fourth-order valence-corrected chi connectivity index (χ4v) is 3.02. The average Bonchev–Trinajstić information content (AvgIpc) is 2.48. The molecule has 0 unspecified atom stereocenters. The van der Waals surface area contributed by atoms with Gasteiger partial charge in [0, 0.05) is 19.9 Å². The van der Waals surface area contributed by atoms with Crippen molar-refractivity contribution in [1.82, 2.24) is 0 Å². The van der Waals surface area contributed by atoms with Crippen LogP contribution >= 0.6 is 39.1 Å². The van der Waals surface area contributed by atoms with Crippen LogP contribution in [0.4, 0.5) is 0 Å². The van der Waals surface area contributed by atoms with Gasteiger partial charge in [-0.25, -0.2) is 0 Å². The van der Waals surface area contributed by atoms with Crippen LogP contribution in [0.5, 0.6) is 0 Å².